The van der Waals surface area contributed by atoms with Crippen molar-refractivity contribution >= 4 is 33.1 Å². The maximum absolute atomic E-state index is 13.9. The predicted octanol–water partition coefficient (Wildman–Crippen LogP) is 3.33. The number of fused-ring (bicyclic) bond motifs is 1. The van der Waals surface area contributed by atoms with Gasteiger partial charge >= 0.3 is 0 Å². The van der Waals surface area contributed by atoms with Gasteiger partial charge < -0.3 is 14.8 Å². The van der Waals surface area contributed by atoms with Crippen LogP contribution in [0.3, 0.4) is 0 Å². The molecule has 3 heterocycles. The Hall–Kier alpha value is -2.34. The maximum Gasteiger partial charge on any atom is 0.270 e. The molecule has 3 aromatic rings. The standard InChI is InChI=1S/C17H16FN3OS/c18-12-3-1-2-4-15(12)20-6-8-21(9-7-20)17(22)14-11-16-13(19-14)5-10-23-16/h1-5,10-11,19H,6-9H2. The number of nitrogens with zero attached hydrogens (tertiary/aromatic N) is 2. The number of carbonyl (C=O) groups excluding carboxylic acids is 1. The highest BCUT2D eigenvalue weighted by Crippen LogP contribution is 2.23. The van der Waals surface area contributed by atoms with Gasteiger partial charge in [0.15, 0.2) is 0 Å². The van der Waals surface area contributed by atoms with E-state index in [9.17, 15) is 9.18 Å². The van der Waals surface area contributed by atoms with Gasteiger partial charge in [-0.1, -0.05) is 12.1 Å². The number of anilines is 1. The summed E-state index contributed by atoms with van der Waals surface area (Å²) in [6.07, 6.45) is 0. The first-order valence-corrected chi connectivity index (χ1v) is 8.45. The Morgan fingerprint density at radius 2 is 1.91 bits per heavy atom. The van der Waals surface area contributed by atoms with Crippen molar-refractivity contribution in [2.24, 2.45) is 0 Å². The molecule has 23 heavy (non-hydrogen) atoms. The molecule has 1 N–H and O–H groups in total. The predicted molar refractivity (Wildman–Crippen MR) is 90.7 cm³/mol. The number of rotatable bonds is 2. The fourth-order valence-electron chi connectivity index (χ4n) is 2.99. The van der Waals surface area contributed by atoms with Crippen LogP contribution in [0.15, 0.2) is 41.8 Å². The molecular formula is C17H16FN3OS. The summed E-state index contributed by atoms with van der Waals surface area (Å²) in [6, 6.07) is 10.7. The quantitative estimate of drug-likeness (QED) is 0.783. The molecule has 0 unspecified atom stereocenters. The van der Waals surface area contributed by atoms with Gasteiger partial charge in [-0.25, -0.2) is 4.39 Å². The van der Waals surface area contributed by atoms with Gasteiger partial charge in [0.2, 0.25) is 0 Å². The zero-order valence-corrected chi connectivity index (χ0v) is 13.3. The van der Waals surface area contributed by atoms with Crippen molar-refractivity contribution in [1.82, 2.24) is 9.88 Å². The van der Waals surface area contributed by atoms with Crippen LogP contribution in [-0.2, 0) is 0 Å². The topological polar surface area (TPSA) is 39.3 Å². The molecule has 0 spiro atoms. The average Bonchev–Trinajstić information content (AvgIpc) is 3.16. The number of aromatic nitrogens is 1. The Morgan fingerprint density at radius 1 is 1.13 bits per heavy atom. The number of halogens is 1. The maximum atomic E-state index is 13.9. The number of nitrogens with one attached hydrogen (secondary N) is 1. The summed E-state index contributed by atoms with van der Waals surface area (Å²) < 4.78 is 14.9. The molecule has 118 valence electrons. The van der Waals surface area contributed by atoms with E-state index in [1.165, 1.54) is 6.07 Å². The summed E-state index contributed by atoms with van der Waals surface area (Å²) in [7, 11) is 0. The van der Waals surface area contributed by atoms with Gasteiger partial charge in [0.05, 0.1) is 15.9 Å². The molecular weight excluding hydrogens is 313 g/mol. The minimum atomic E-state index is -0.211. The molecule has 0 bridgehead atoms. The van der Waals surface area contributed by atoms with E-state index in [2.05, 4.69) is 4.98 Å². The van der Waals surface area contributed by atoms with Crippen LogP contribution in [0.2, 0.25) is 0 Å². The van der Waals surface area contributed by atoms with E-state index >= 15 is 0 Å². The van der Waals surface area contributed by atoms with Crippen molar-refractivity contribution in [3.05, 3.63) is 53.3 Å². The van der Waals surface area contributed by atoms with Crippen LogP contribution in [-0.4, -0.2) is 42.0 Å². The third-order valence-electron chi connectivity index (χ3n) is 4.23. The molecule has 1 fully saturated rings. The second-order valence-corrected chi connectivity index (χ2v) is 6.56. The van der Waals surface area contributed by atoms with Crippen LogP contribution >= 0.6 is 11.3 Å². The first-order chi connectivity index (χ1) is 11.2. The molecule has 1 aromatic carbocycles. The number of carbonyl (C=O) groups is 1. The smallest absolute Gasteiger partial charge is 0.270 e. The van der Waals surface area contributed by atoms with Gasteiger partial charge in [-0.15, -0.1) is 11.3 Å². The SMILES string of the molecule is O=C(c1cc2sccc2[nH]1)N1CCN(c2ccccc2F)CC1. The monoisotopic (exact) mass is 329 g/mol. The second-order valence-electron chi connectivity index (χ2n) is 5.61. The minimum absolute atomic E-state index is 0.0154. The number of hydrogen-bond donors (Lipinski definition) is 1. The van der Waals surface area contributed by atoms with Crippen LogP contribution in [0.5, 0.6) is 0 Å². The molecule has 4 nitrogen and oxygen atoms in total. The fraction of sp³-hybridized carbons (Fsp3) is 0.235. The molecule has 1 saturated heterocycles. The number of H-pyrrole nitrogens is 1. The molecule has 1 aliphatic heterocycles. The van der Waals surface area contributed by atoms with Crippen LogP contribution in [0.1, 0.15) is 10.5 Å². The molecule has 4 rings (SSSR count). The van der Waals surface area contributed by atoms with Crippen molar-refractivity contribution in [2.45, 2.75) is 0 Å². The van der Waals surface area contributed by atoms with Crippen molar-refractivity contribution in [2.75, 3.05) is 31.1 Å². The van der Waals surface area contributed by atoms with Crippen molar-refractivity contribution in [1.29, 1.82) is 0 Å². The van der Waals surface area contributed by atoms with Crippen molar-refractivity contribution < 1.29 is 9.18 Å². The number of para-hydroxylation sites is 1. The molecule has 0 saturated carbocycles. The lowest BCUT2D eigenvalue weighted by Crippen LogP contribution is -2.49. The molecule has 0 atom stereocenters. The number of aromatic amines is 1. The van der Waals surface area contributed by atoms with Crippen molar-refractivity contribution in [3.63, 3.8) is 0 Å². The molecule has 0 aliphatic carbocycles. The van der Waals surface area contributed by atoms with Gasteiger partial charge in [0, 0.05) is 26.2 Å². The fourth-order valence-corrected chi connectivity index (χ4v) is 3.78. The van der Waals surface area contributed by atoms with E-state index in [-0.39, 0.29) is 11.7 Å². The van der Waals surface area contributed by atoms with Gasteiger partial charge in [0.25, 0.3) is 5.91 Å². The molecule has 2 aromatic heterocycles. The van der Waals surface area contributed by atoms with E-state index in [1.54, 1.807) is 23.5 Å². The summed E-state index contributed by atoms with van der Waals surface area (Å²) in [5, 5.41) is 2.00. The number of benzene rings is 1. The number of amides is 1. The van der Waals surface area contributed by atoms with Crippen LogP contribution < -0.4 is 4.90 Å². The first kappa shape index (κ1) is 14.3. The third kappa shape index (κ3) is 2.59. The minimum Gasteiger partial charge on any atom is -0.366 e. The summed E-state index contributed by atoms with van der Waals surface area (Å²) >= 11 is 1.62. The van der Waals surface area contributed by atoms with Gasteiger partial charge in [-0.05, 0) is 29.6 Å². The van der Waals surface area contributed by atoms with Gasteiger partial charge in [0.1, 0.15) is 11.5 Å². The Kier molecular flexibility index (Phi) is 3.53. The zero-order valence-electron chi connectivity index (χ0n) is 12.5. The number of thiophene rings is 1. The largest absolute Gasteiger partial charge is 0.366 e. The second kappa shape index (κ2) is 5.70. The highest BCUT2D eigenvalue weighted by molar-refractivity contribution is 7.17. The molecule has 6 heteroatoms. The van der Waals surface area contributed by atoms with Crippen LogP contribution in [0.4, 0.5) is 10.1 Å². The summed E-state index contributed by atoms with van der Waals surface area (Å²) in [4.78, 5) is 19.6. The van der Waals surface area contributed by atoms with E-state index in [4.69, 9.17) is 0 Å². The van der Waals surface area contributed by atoms with Gasteiger partial charge in [-0.3, -0.25) is 4.79 Å². The third-order valence-corrected chi connectivity index (χ3v) is 5.09. The Morgan fingerprint density at radius 3 is 2.65 bits per heavy atom. The van der Waals surface area contributed by atoms with E-state index in [0.717, 1.165) is 10.2 Å². The van der Waals surface area contributed by atoms with E-state index in [1.807, 2.05) is 33.4 Å². The summed E-state index contributed by atoms with van der Waals surface area (Å²) in [5.41, 5.74) is 2.24. The van der Waals surface area contributed by atoms with Crippen molar-refractivity contribution in [3.8, 4) is 0 Å². The lowest BCUT2D eigenvalue weighted by molar-refractivity contribution is 0.0741. The normalized spacial score (nSPS) is 15.3. The Bertz CT molecular complexity index is 820. The lowest BCUT2D eigenvalue weighted by Gasteiger charge is -2.36. The molecule has 0 radical (unpaired) electrons. The lowest BCUT2D eigenvalue weighted by atomic mass is 10.2. The first-order valence-electron chi connectivity index (χ1n) is 7.57. The number of hydrogen-bond acceptors (Lipinski definition) is 3. The van der Waals surface area contributed by atoms with Crippen LogP contribution in [0, 0.1) is 5.82 Å². The Balaban J connectivity index is 1.46. The molecule has 1 amide bonds. The number of piperazine rings is 1. The Labute approximate surface area is 137 Å². The molecule has 1 aliphatic rings. The van der Waals surface area contributed by atoms with Gasteiger partial charge in [-0.2, -0.15) is 0 Å². The zero-order chi connectivity index (χ0) is 15.8. The van der Waals surface area contributed by atoms with E-state index in [0.29, 0.717) is 37.6 Å². The highest BCUT2D eigenvalue weighted by Gasteiger charge is 2.24. The average molecular weight is 329 g/mol. The van der Waals surface area contributed by atoms with Crippen LogP contribution in [0.25, 0.3) is 10.2 Å². The highest BCUT2D eigenvalue weighted by atomic mass is 32.1. The summed E-state index contributed by atoms with van der Waals surface area (Å²) in [5.74, 6) is -0.196. The van der Waals surface area contributed by atoms with E-state index < -0.39 is 0 Å². The summed E-state index contributed by atoms with van der Waals surface area (Å²) in [6.45, 7) is 2.48.